The number of hydrogen-bond acceptors (Lipinski definition) is 6. The maximum Gasteiger partial charge on any atom is 0.333 e. The molecule has 1 aromatic carbocycles. The van der Waals surface area contributed by atoms with Gasteiger partial charge in [0.2, 0.25) is 5.09 Å². The SMILES string of the molecule is Cc1oc(S(=O)(=O)NC(=O)Nc2c3c(c(F)c4c2CCC4)CCC3)cc1CN1CC[C@H](O)C1. The number of benzene rings is 1. The number of nitrogens with zero attached hydrogens (tertiary/aromatic N) is 1. The number of aliphatic hydroxyl groups excluding tert-OH is 1. The third-order valence-corrected chi connectivity index (χ3v) is 8.12. The van der Waals surface area contributed by atoms with Crippen molar-refractivity contribution in [2.75, 3.05) is 18.4 Å². The molecule has 5 rings (SSSR count). The van der Waals surface area contributed by atoms with Crippen molar-refractivity contribution in [3.63, 3.8) is 0 Å². The Morgan fingerprint density at radius 2 is 1.82 bits per heavy atom. The van der Waals surface area contributed by atoms with E-state index in [4.69, 9.17) is 4.42 Å². The summed E-state index contributed by atoms with van der Waals surface area (Å²) >= 11 is 0. The normalized spacial score (nSPS) is 20.2. The van der Waals surface area contributed by atoms with E-state index in [0.717, 1.165) is 30.5 Å². The van der Waals surface area contributed by atoms with Crippen molar-refractivity contribution < 1.29 is 27.1 Å². The first-order chi connectivity index (χ1) is 15.7. The molecule has 3 N–H and O–H groups in total. The quantitative estimate of drug-likeness (QED) is 0.611. The van der Waals surface area contributed by atoms with Crippen LogP contribution in [-0.4, -0.2) is 43.6 Å². The van der Waals surface area contributed by atoms with Crippen LogP contribution in [0.15, 0.2) is 15.6 Å². The molecule has 1 saturated heterocycles. The summed E-state index contributed by atoms with van der Waals surface area (Å²) in [4.78, 5) is 14.7. The van der Waals surface area contributed by atoms with Crippen LogP contribution < -0.4 is 10.0 Å². The first kappa shape index (κ1) is 22.4. The number of hydrogen-bond donors (Lipinski definition) is 3. The van der Waals surface area contributed by atoms with Gasteiger partial charge in [0.25, 0.3) is 10.0 Å². The van der Waals surface area contributed by atoms with Crippen LogP contribution in [0.3, 0.4) is 0 Å². The molecule has 3 aliphatic rings. The lowest BCUT2D eigenvalue weighted by Crippen LogP contribution is -2.34. The second-order valence-electron chi connectivity index (χ2n) is 9.19. The minimum Gasteiger partial charge on any atom is -0.448 e. The van der Waals surface area contributed by atoms with Crippen molar-refractivity contribution in [1.82, 2.24) is 9.62 Å². The van der Waals surface area contributed by atoms with Crippen LogP contribution in [0.5, 0.6) is 0 Å². The average Bonchev–Trinajstić information content (AvgIpc) is 3.53. The van der Waals surface area contributed by atoms with Gasteiger partial charge in [-0.25, -0.2) is 13.9 Å². The third kappa shape index (κ3) is 4.15. The number of aryl methyl sites for hydroxylation is 1. The van der Waals surface area contributed by atoms with Crippen LogP contribution in [0.4, 0.5) is 14.9 Å². The summed E-state index contributed by atoms with van der Waals surface area (Å²) in [6.07, 6.45) is 4.51. The van der Waals surface area contributed by atoms with Gasteiger partial charge in [-0.3, -0.25) is 4.90 Å². The Hall–Kier alpha value is -2.43. The fourth-order valence-corrected chi connectivity index (χ4v) is 6.25. The Kier molecular flexibility index (Phi) is 5.70. The summed E-state index contributed by atoms with van der Waals surface area (Å²) in [5.74, 6) is 0.295. The van der Waals surface area contributed by atoms with Gasteiger partial charge < -0.3 is 14.8 Å². The molecular formula is C23H28FN3O5S. The molecule has 1 atom stereocenters. The Morgan fingerprint density at radius 3 is 2.42 bits per heavy atom. The molecule has 8 nitrogen and oxygen atoms in total. The predicted octanol–water partition coefficient (Wildman–Crippen LogP) is 2.78. The Balaban J connectivity index is 1.33. The van der Waals surface area contributed by atoms with Gasteiger partial charge in [-0.15, -0.1) is 0 Å². The van der Waals surface area contributed by atoms with E-state index >= 15 is 0 Å². The highest BCUT2D eigenvalue weighted by Gasteiger charge is 2.31. The number of likely N-dealkylation sites (tertiary alicyclic amines) is 1. The molecule has 2 heterocycles. The molecule has 0 spiro atoms. The van der Waals surface area contributed by atoms with Gasteiger partial charge in [0.1, 0.15) is 11.6 Å². The van der Waals surface area contributed by atoms with Crippen molar-refractivity contribution in [1.29, 1.82) is 0 Å². The summed E-state index contributed by atoms with van der Waals surface area (Å²) in [5, 5.41) is 12.1. The zero-order valence-electron chi connectivity index (χ0n) is 18.5. The number of urea groups is 1. The Morgan fingerprint density at radius 1 is 1.18 bits per heavy atom. The summed E-state index contributed by atoms with van der Waals surface area (Å²) in [7, 11) is -4.23. The number of carbonyl (C=O) groups is 1. The Labute approximate surface area is 192 Å². The fourth-order valence-electron chi connectivity index (χ4n) is 5.33. The summed E-state index contributed by atoms with van der Waals surface area (Å²) in [6, 6.07) is 0.534. The highest BCUT2D eigenvalue weighted by Crippen LogP contribution is 2.41. The molecule has 10 heteroatoms. The maximum absolute atomic E-state index is 14.8. The van der Waals surface area contributed by atoms with Gasteiger partial charge in [0.15, 0.2) is 0 Å². The van der Waals surface area contributed by atoms with Crippen LogP contribution in [0, 0.1) is 12.7 Å². The zero-order chi connectivity index (χ0) is 23.3. The van der Waals surface area contributed by atoms with E-state index in [0.29, 0.717) is 73.3 Å². The number of nitrogens with one attached hydrogen (secondary N) is 2. The number of aliphatic hydroxyl groups is 1. The summed E-state index contributed by atoms with van der Waals surface area (Å²) in [5.41, 5.74) is 4.11. The number of anilines is 1. The van der Waals surface area contributed by atoms with Gasteiger partial charge in [0, 0.05) is 37.0 Å². The van der Waals surface area contributed by atoms with Crippen molar-refractivity contribution in [3.8, 4) is 0 Å². The number of carbonyl (C=O) groups excluding carboxylic acids is 1. The molecule has 0 saturated carbocycles. The smallest absolute Gasteiger partial charge is 0.333 e. The lowest BCUT2D eigenvalue weighted by molar-refractivity contribution is 0.174. The van der Waals surface area contributed by atoms with E-state index in [2.05, 4.69) is 5.32 Å². The molecular weight excluding hydrogens is 449 g/mol. The van der Waals surface area contributed by atoms with Gasteiger partial charge in [-0.05, 0) is 74.1 Å². The minimum atomic E-state index is -4.23. The molecule has 2 aliphatic carbocycles. The van der Waals surface area contributed by atoms with Gasteiger partial charge in [0.05, 0.1) is 6.10 Å². The van der Waals surface area contributed by atoms with Crippen molar-refractivity contribution in [3.05, 3.63) is 45.5 Å². The van der Waals surface area contributed by atoms with Crippen LogP contribution in [0.2, 0.25) is 0 Å². The molecule has 1 aliphatic heterocycles. The number of amides is 2. The highest BCUT2D eigenvalue weighted by atomic mass is 32.2. The van der Waals surface area contributed by atoms with E-state index in [9.17, 15) is 22.7 Å². The maximum atomic E-state index is 14.8. The van der Waals surface area contributed by atoms with E-state index in [-0.39, 0.29) is 17.0 Å². The van der Waals surface area contributed by atoms with Gasteiger partial charge >= 0.3 is 6.03 Å². The van der Waals surface area contributed by atoms with E-state index in [1.54, 1.807) is 6.92 Å². The molecule has 2 aromatic rings. The fraction of sp³-hybridized carbons (Fsp3) is 0.522. The number of rotatable bonds is 5. The van der Waals surface area contributed by atoms with Gasteiger partial charge in [-0.1, -0.05) is 0 Å². The number of β-amino-alcohol motifs (C(OH)–C–C–N with tert-alkyl or cyclic N) is 1. The van der Waals surface area contributed by atoms with Crippen LogP contribution in [0.25, 0.3) is 0 Å². The minimum absolute atomic E-state index is 0.155. The molecule has 33 heavy (non-hydrogen) atoms. The molecule has 178 valence electrons. The van der Waals surface area contributed by atoms with E-state index in [1.807, 2.05) is 9.62 Å². The largest absolute Gasteiger partial charge is 0.448 e. The third-order valence-electron chi connectivity index (χ3n) is 6.94. The molecule has 0 bridgehead atoms. The van der Waals surface area contributed by atoms with E-state index in [1.165, 1.54) is 6.07 Å². The van der Waals surface area contributed by atoms with Crippen LogP contribution in [-0.2, 0) is 42.3 Å². The van der Waals surface area contributed by atoms with Crippen LogP contribution >= 0.6 is 0 Å². The van der Waals surface area contributed by atoms with Crippen molar-refractivity contribution in [2.24, 2.45) is 0 Å². The van der Waals surface area contributed by atoms with E-state index < -0.39 is 16.1 Å². The monoisotopic (exact) mass is 477 g/mol. The van der Waals surface area contributed by atoms with Crippen LogP contribution in [0.1, 0.15) is 52.8 Å². The van der Waals surface area contributed by atoms with Crippen molar-refractivity contribution in [2.45, 2.75) is 69.6 Å². The molecule has 1 fully saturated rings. The standard InChI is InChI=1S/C23H28FN3O5S/c1-13-14(11-27-9-8-15(28)12-27)10-20(32-13)33(30,31)26-23(29)25-22-18-6-2-4-16(18)21(24)17-5-3-7-19(17)22/h10,15,28H,2-9,11-12H2,1H3,(H2,25,26,29)/t15-/m0/s1. The first-order valence-electron chi connectivity index (χ1n) is 11.4. The molecule has 1 aromatic heterocycles. The summed E-state index contributed by atoms with van der Waals surface area (Å²) < 4.78 is 48.0. The average molecular weight is 478 g/mol. The predicted molar refractivity (Wildman–Crippen MR) is 119 cm³/mol. The second-order valence-corrected chi connectivity index (χ2v) is 10.8. The van der Waals surface area contributed by atoms with Gasteiger partial charge in [-0.2, -0.15) is 8.42 Å². The number of fused-ring (bicyclic) bond motifs is 2. The lowest BCUT2D eigenvalue weighted by atomic mass is 9.98. The zero-order valence-corrected chi connectivity index (χ0v) is 19.4. The molecule has 0 radical (unpaired) electrons. The highest BCUT2D eigenvalue weighted by molar-refractivity contribution is 7.89. The summed E-state index contributed by atoms with van der Waals surface area (Å²) in [6.45, 7) is 3.38. The first-order valence-corrected chi connectivity index (χ1v) is 12.9. The number of halogens is 1. The van der Waals surface area contributed by atoms with Crippen molar-refractivity contribution >= 4 is 21.7 Å². The number of furan rings is 1. The molecule has 0 unspecified atom stereocenters. The lowest BCUT2D eigenvalue weighted by Gasteiger charge is -2.17. The topological polar surface area (TPSA) is 112 Å². The second kappa shape index (κ2) is 8.41. The number of sulfonamides is 1. The molecule has 2 amide bonds. The Bertz CT molecular complexity index is 1190.